The number of carbonyl (C=O) groups excluding carboxylic acids is 2. The smallest absolute Gasteiger partial charge is 0.410 e. The van der Waals surface area contributed by atoms with E-state index in [2.05, 4.69) is 34.3 Å². The van der Waals surface area contributed by atoms with Crippen LogP contribution in [0.5, 0.6) is 11.6 Å². The number of pyridine rings is 1. The minimum absolute atomic E-state index is 0.00827. The Morgan fingerprint density at radius 2 is 1.78 bits per heavy atom. The van der Waals surface area contributed by atoms with Crippen molar-refractivity contribution in [3.63, 3.8) is 0 Å². The minimum atomic E-state index is -0.545. The number of benzene rings is 2. The van der Waals surface area contributed by atoms with Crippen LogP contribution in [-0.2, 0) is 16.0 Å². The molecular weight excluding hydrogens is 614 g/mol. The van der Waals surface area contributed by atoms with Gasteiger partial charge in [-0.2, -0.15) is 0 Å². The van der Waals surface area contributed by atoms with E-state index in [9.17, 15) is 9.59 Å². The Morgan fingerprint density at radius 3 is 2.57 bits per heavy atom. The van der Waals surface area contributed by atoms with Crippen LogP contribution in [0.3, 0.4) is 0 Å². The van der Waals surface area contributed by atoms with Crippen molar-refractivity contribution in [2.45, 2.75) is 104 Å². The molecule has 1 saturated heterocycles. The molecule has 9 heteroatoms. The molecule has 6 rings (SSSR count). The molecule has 9 nitrogen and oxygen atoms in total. The van der Waals surface area contributed by atoms with Crippen LogP contribution in [0.25, 0.3) is 22.0 Å². The Bertz CT molecular complexity index is 1810. The van der Waals surface area contributed by atoms with E-state index in [1.807, 2.05) is 64.1 Å². The molecule has 258 valence electrons. The highest BCUT2D eigenvalue weighted by atomic mass is 16.6. The maximum Gasteiger partial charge on any atom is 0.410 e. The van der Waals surface area contributed by atoms with E-state index in [-0.39, 0.29) is 17.6 Å². The Hall–Kier alpha value is -4.53. The molecular formula is C40H49N5O4. The zero-order chi connectivity index (χ0) is 34.6. The van der Waals surface area contributed by atoms with Gasteiger partial charge in [0.05, 0.1) is 11.3 Å². The molecule has 1 saturated carbocycles. The van der Waals surface area contributed by atoms with Crippen molar-refractivity contribution in [1.82, 2.24) is 19.9 Å². The van der Waals surface area contributed by atoms with Crippen molar-refractivity contribution in [1.29, 1.82) is 0 Å². The third kappa shape index (κ3) is 8.56. The fourth-order valence-electron chi connectivity index (χ4n) is 7.24. The summed E-state index contributed by atoms with van der Waals surface area (Å²) in [7, 11) is 0. The van der Waals surface area contributed by atoms with Gasteiger partial charge in [0.2, 0.25) is 11.8 Å². The van der Waals surface area contributed by atoms with Crippen LogP contribution in [-0.4, -0.2) is 56.5 Å². The van der Waals surface area contributed by atoms with Crippen molar-refractivity contribution >= 4 is 28.6 Å². The van der Waals surface area contributed by atoms with E-state index in [4.69, 9.17) is 14.5 Å². The number of piperidine rings is 1. The number of nitrogens with zero attached hydrogens (tertiary/aromatic N) is 4. The van der Waals surface area contributed by atoms with E-state index >= 15 is 0 Å². The number of rotatable bonds is 9. The third-order valence-corrected chi connectivity index (χ3v) is 9.68. The summed E-state index contributed by atoms with van der Waals surface area (Å²) < 4.78 is 12.2. The lowest BCUT2D eigenvalue weighted by Crippen LogP contribution is -2.47. The highest BCUT2D eigenvalue weighted by Gasteiger charge is 2.30. The molecule has 1 aliphatic heterocycles. The fraction of sp³-hybridized carbons (Fsp3) is 0.475. The first-order valence-electron chi connectivity index (χ1n) is 17.7. The molecule has 1 N–H and O–H groups in total. The number of anilines is 1. The highest BCUT2D eigenvalue weighted by Crippen LogP contribution is 2.40. The average Bonchev–Trinajstić information content (AvgIpc) is 3.06. The summed E-state index contributed by atoms with van der Waals surface area (Å²) in [6.07, 6.45) is 11.9. The van der Waals surface area contributed by atoms with E-state index in [1.54, 1.807) is 17.3 Å². The number of aromatic nitrogens is 3. The first kappa shape index (κ1) is 34.3. The van der Waals surface area contributed by atoms with Crippen molar-refractivity contribution < 1.29 is 19.1 Å². The summed E-state index contributed by atoms with van der Waals surface area (Å²) in [4.78, 5) is 41.7. The maximum atomic E-state index is 13.3. The molecule has 49 heavy (non-hydrogen) atoms. The van der Waals surface area contributed by atoms with Gasteiger partial charge in [-0.15, -0.1) is 0 Å². The Kier molecular flexibility index (Phi) is 10.2. The number of ketones is 1. The van der Waals surface area contributed by atoms with E-state index < -0.39 is 5.60 Å². The molecule has 2 aromatic carbocycles. The second kappa shape index (κ2) is 14.5. The molecule has 1 amide bonds. The number of amides is 1. The summed E-state index contributed by atoms with van der Waals surface area (Å²) in [5, 5.41) is 5.40. The fourth-order valence-corrected chi connectivity index (χ4v) is 7.24. The van der Waals surface area contributed by atoms with E-state index in [0.29, 0.717) is 55.0 Å². The van der Waals surface area contributed by atoms with Gasteiger partial charge in [0.15, 0.2) is 0 Å². The second-order valence-electron chi connectivity index (χ2n) is 15.1. The van der Waals surface area contributed by atoms with Gasteiger partial charge >= 0.3 is 6.09 Å². The van der Waals surface area contributed by atoms with Crippen molar-refractivity contribution in [2.24, 2.45) is 5.41 Å². The van der Waals surface area contributed by atoms with E-state index in [0.717, 1.165) is 53.1 Å². The Labute approximate surface area is 289 Å². The topological polar surface area (TPSA) is 107 Å². The number of fused-ring (bicyclic) bond motifs is 1. The van der Waals surface area contributed by atoms with Gasteiger partial charge in [-0.05, 0) is 93.5 Å². The van der Waals surface area contributed by atoms with Crippen LogP contribution in [0.2, 0.25) is 0 Å². The monoisotopic (exact) mass is 663 g/mol. The van der Waals surface area contributed by atoms with E-state index in [1.165, 1.54) is 19.3 Å². The van der Waals surface area contributed by atoms with Crippen LogP contribution in [0, 0.1) is 12.3 Å². The number of carbonyl (C=O) groups is 2. The zero-order valence-electron chi connectivity index (χ0n) is 29.6. The largest absolute Gasteiger partial charge is 0.444 e. The van der Waals surface area contributed by atoms with Crippen molar-refractivity contribution in [2.75, 3.05) is 18.4 Å². The van der Waals surface area contributed by atoms with Crippen LogP contribution in [0.4, 0.5) is 10.7 Å². The standard InChI is InChI=1S/C40H49N5O4/c1-27-16-17-31-28(24-30(46)25-40(5)19-7-6-8-20-40)12-9-14-32(31)35(27)48-36-33(15-10-21-41-36)34-18-22-42-37(44-34)43-29-13-11-23-45(26-29)38(47)49-39(2,3)4/h9-10,12,14-18,21-22,29H,6-8,11,13,19-20,23-26H2,1-5H3,(H,42,43,44)/t29-/m0/s1. The van der Waals surface area contributed by atoms with Gasteiger partial charge < -0.3 is 19.7 Å². The lowest BCUT2D eigenvalue weighted by Gasteiger charge is -2.34. The van der Waals surface area contributed by atoms with Gasteiger partial charge in [-0.3, -0.25) is 4.79 Å². The first-order chi connectivity index (χ1) is 23.5. The van der Waals surface area contributed by atoms with Crippen molar-refractivity contribution in [3.05, 3.63) is 72.1 Å². The normalized spacial score (nSPS) is 17.8. The molecule has 2 aliphatic rings. The van der Waals surface area contributed by atoms with Gasteiger partial charge in [0.25, 0.3) is 0 Å². The van der Waals surface area contributed by atoms with Gasteiger partial charge in [0.1, 0.15) is 17.1 Å². The molecule has 4 aromatic rings. The number of likely N-dealkylation sites (tertiary alicyclic amines) is 1. The molecule has 2 aromatic heterocycles. The molecule has 0 radical (unpaired) electrons. The molecule has 0 unspecified atom stereocenters. The Morgan fingerprint density at radius 1 is 0.959 bits per heavy atom. The second-order valence-corrected chi connectivity index (χ2v) is 15.1. The maximum absolute atomic E-state index is 13.3. The zero-order valence-corrected chi connectivity index (χ0v) is 29.6. The predicted molar refractivity (Wildman–Crippen MR) is 193 cm³/mol. The lowest BCUT2D eigenvalue weighted by molar-refractivity contribution is -0.121. The van der Waals surface area contributed by atoms with Crippen LogP contribution in [0.1, 0.15) is 90.2 Å². The minimum Gasteiger partial charge on any atom is -0.444 e. The number of aryl methyl sites for hydroxylation is 1. The number of ether oxygens (including phenoxy) is 2. The molecule has 3 heterocycles. The number of hydrogen-bond donors (Lipinski definition) is 1. The summed E-state index contributed by atoms with van der Waals surface area (Å²) in [6, 6.07) is 15.9. The first-order valence-corrected chi connectivity index (χ1v) is 17.7. The molecule has 1 atom stereocenters. The molecule has 2 fully saturated rings. The van der Waals surface area contributed by atoms with Crippen LogP contribution < -0.4 is 10.1 Å². The SMILES string of the molecule is Cc1ccc2c(CC(=O)CC3(C)CCCCC3)cccc2c1Oc1ncccc1-c1ccnc(N[C@H]2CCCN(C(=O)OC(C)(C)C)C2)n1. The van der Waals surface area contributed by atoms with Gasteiger partial charge in [0, 0.05) is 49.8 Å². The number of hydrogen-bond acceptors (Lipinski definition) is 8. The quantitative estimate of drug-likeness (QED) is 0.189. The predicted octanol–water partition coefficient (Wildman–Crippen LogP) is 9.08. The number of Topliss-reactive ketones (excluding diaryl/α,β-unsaturated/α-hetero) is 1. The third-order valence-electron chi connectivity index (χ3n) is 9.68. The van der Waals surface area contributed by atoms with Gasteiger partial charge in [-0.25, -0.2) is 19.7 Å². The molecule has 0 spiro atoms. The summed E-state index contributed by atoms with van der Waals surface area (Å²) in [5.41, 5.74) is 2.97. The van der Waals surface area contributed by atoms with Crippen LogP contribution >= 0.6 is 0 Å². The summed E-state index contributed by atoms with van der Waals surface area (Å²) >= 11 is 0. The summed E-state index contributed by atoms with van der Waals surface area (Å²) in [6.45, 7) is 11.1. The average molecular weight is 664 g/mol. The number of nitrogens with one attached hydrogen (secondary N) is 1. The van der Waals surface area contributed by atoms with Crippen LogP contribution in [0.15, 0.2) is 60.9 Å². The van der Waals surface area contributed by atoms with Gasteiger partial charge in [-0.1, -0.05) is 56.5 Å². The molecule has 0 bridgehead atoms. The summed E-state index contributed by atoms with van der Waals surface area (Å²) in [5.74, 6) is 1.91. The molecule has 1 aliphatic carbocycles. The highest BCUT2D eigenvalue weighted by molar-refractivity contribution is 5.95. The lowest BCUT2D eigenvalue weighted by atomic mass is 9.72. The Balaban J connectivity index is 1.21. The van der Waals surface area contributed by atoms with Crippen molar-refractivity contribution in [3.8, 4) is 22.9 Å².